The van der Waals surface area contributed by atoms with Crippen molar-refractivity contribution in [1.29, 1.82) is 0 Å². The Kier molecular flexibility index (Phi) is 3.46. The molecule has 1 saturated carbocycles. The molecule has 0 radical (unpaired) electrons. The van der Waals surface area contributed by atoms with Crippen molar-refractivity contribution in [3.05, 3.63) is 34.6 Å². The van der Waals surface area contributed by atoms with Crippen LogP contribution in [0.1, 0.15) is 30.7 Å². The molecule has 2 aliphatic rings. The molecule has 1 aliphatic carbocycles. The van der Waals surface area contributed by atoms with Crippen molar-refractivity contribution >= 4 is 17.5 Å². The highest BCUT2D eigenvalue weighted by atomic mass is 35.5. The van der Waals surface area contributed by atoms with Gasteiger partial charge in [0.05, 0.1) is 6.04 Å². The normalized spacial score (nSPS) is 29.3. The Hall–Kier alpha value is -1.13. The van der Waals surface area contributed by atoms with Crippen LogP contribution in [-0.4, -0.2) is 24.5 Å². The number of carbonyl (C=O) groups is 1. The maximum Gasteiger partial charge on any atom is 0.237 e. The quantitative estimate of drug-likeness (QED) is 0.892. The van der Waals surface area contributed by atoms with E-state index >= 15 is 0 Å². The van der Waals surface area contributed by atoms with Crippen molar-refractivity contribution in [3.8, 4) is 0 Å². The van der Waals surface area contributed by atoms with E-state index in [9.17, 15) is 9.18 Å². The van der Waals surface area contributed by atoms with Crippen LogP contribution in [0.2, 0.25) is 5.02 Å². The van der Waals surface area contributed by atoms with E-state index in [1.54, 1.807) is 12.1 Å². The Balaban J connectivity index is 1.63. The second-order valence-corrected chi connectivity index (χ2v) is 5.65. The van der Waals surface area contributed by atoms with Crippen LogP contribution in [-0.2, 0) is 4.79 Å². The van der Waals surface area contributed by atoms with Gasteiger partial charge < -0.3 is 10.6 Å². The maximum atomic E-state index is 13.7. The predicted octanol–water partition coefficient (Wildman–Crippen LogP) is 2.20. The molecular weight excluding hydrogens is 267 g/mol. The second-order valence-electron chi connectivity index (χ2n) is 5.24. The number of hydrogen-bond acceptors (Lipinski definition) is 2. The van der Waals surface area contributed by atoms with E-state index < -0.39 is 0 Å². The molecule has 3 rings (SSSR count). The Morgan fingerprint density at radius 3 is 3.00 bits per heavy atom. The lowest BCUT2D eigenvalue weighted by Crippen LogP contribution is -2.41. The van der Waals surface area contributed by atoms with Gasteiger partial charge in [-0.1, -0.05) is 17.7 Å². The second kappa shape index (κ2) is 5.10. The van der Waals surface area contributed by atoms with Crippen molar-refractivity contribution in [3.63, 3.8) is 0 Å². The molecule has 19 heavy (non-hydrogen) atoms. The topological polar surface area (TPSA) is 41.1 Å². The van der Waals surface area contributed by atoms with Gasteiger partial charge in [-0.25, -0.2) is 4.39 Å². The van der Waals surface area contributed by atoms with E-state index in [-0.39, 0.29) is 29.7 Å². The molecule has 102 valence electrons. The first kappa shape index (κ1) is 12.9. The lowest BCUT2D eigenvalue weighted by atomic mass is 10.1. The summed E-state index contributed by atoms with van der Waals surface area (Å²) in [5, 5.41) is 6.57. The molecule has 0 spiro atoms. The zero-order chi connectivity index (χ0) is 13.4. The smallest absolute Gasteiger partial charge is 0.237 e. The third kappa shape index (κ3) is 2.60. The van der Waals surface area contributed by atoms with Crippen LogP contribution in [0.4, 0.5) is 4.39 Å². The van der Waals surface area contributed by atoms with E-state index in [1.807, 2.05) is 0 Å². The van der Waals surface area contributed by atoms with Crippen LogP contribution in [0.15, 0.2) is 18.2 Å². The van der Waals surface area contributed by atoms with Crippen LogP contribution in [0, 0.1) is 5.82 Å². The standard InChI is InChI=1S/C14H16ClFN2O/c15-9-3-1-4-10(16)13(9)8-7-12(8)18-14(19)11-5-2-6-17-11/h1,3-4,8,11-12,17H,2,5-7H2,(H,18,19). The number of halogens is 2. The van der Waals surface area contributed by atoms with Gasteiger partial charge >= 0.3 is 0 Å². The molecule has 1 aromatic rings. The first-order valence-electron chi connectivity index (χ1n) is 6.64. The number of amides is 1. The fourth-order valence-electron chi connectivity index (χ4n) is 2.73. The fraction of sp³-hybridized carbons (Fsp3) is 0.500. The zero-order valence-corrected chi connectivity index (χ0v) is 11.2. The van der Waals surface area contributed by atoms with Gasteiger partial charge in [-0.3, -0.25) is 4.79 Å². The van der Waals surface area contributed by atoms with Crippen LogP contribution >= 0.6 is 11.6 Å². The number of hydrogen-bond donors (Lipinski definition) is 2. The molecule has 0 bridgehead atoms. The minimum Gasteiger partial charge on any atom is -0.351 e. The highest BCUT2D eigenvalue weighted by Crippen LogP contribution is 2.44. The van der Waals surface area contributed by atoms with Gasteiger partial charge in [0.1, 0.15) is 5.82 Å². The first-order chi connectivity index (χ1) is 9.16. The summed E-state index contributed by atoms with van der Waals surface area (Å²) in [6.45, 7) is 0.894. The number of benzene rings is 1. The third-order valence-corrected chi connectivity index (χ3v) is 4.19. The Morgan fingerprint density at radius 2 is 2.32 bits per heavy atom. The van der Waals surface area contributed by atoms with Gasteiger partial charge in [0.25, 0.3) is 0 Å². The third-order valence-electron chi connectivity index (χ3n) is 3.87. The largest absolute Gasteiger partial charge is 0.351 e. The summed E-state index contributed by atoms with van der Waals surface area (Å²) >= 11 is 6.03. The van der Waals surface area contributed by atoms with E-state index in [4.69, 9.17) is 11.6 Å². The highest BCUT2D eigenvalue weighted by molar-refractivity contribution is 6.31. The van der Waals surface area contributed by atoms with Crippen molar-refractivity contribution < 1.29 is 9.18 Å². The lowest BCUT2D eigenvalue weighted by molar-refractivity contribution is -0.122. The van der Waals surface area contributed by atoms with Crippen molar-refractivity contribution in [1.82, 2.24) is 10.6 Å². The monoisotopic (exact) mass is 282 g/mol. The fourth-order valence-corrected chi connectivity index (χ4v) is 3.03. The minimum absolute atomic E-state index is 0.0130. The summed E-state index contributed by atoms with van der Waals surface area (Å²) in [5.74, 6) is -0.246. The van der Waals surface area contributed by atoms with Crippen LogP contribution in [0.5, 0.6) is 0 Å². The highest BCUT2D eigenvalue weighted by Gasteiger charge is 2.43. The van der Waals surface area contributed by atoms with Crippen LogP contribution in [0.3, 0.4) is 0 Å². The Bertz CT molecular complexity index is 482. The number of carbonyl (C=O) groups excluding carboxylic acids is 1. The average molecular weight is 283 g/mol. The Labute approximate surface area is 116 Å². The van der Waals surface area contributed by atoms with Gasteiger partial charge in [0.15, 0.2) is 0 Å². The molecule has 2 fully saturated rings. The summed E-state index contributed by atoms with van der Waals surface area (Å²) in [7, 11) is 0. The first-order valence-corrected chi connectivity index (χ1v) is 7.02. The zero-order valence-electron chi connectivity index (χ0n) is 10.5. The van der Waals surface area contributed by atoms with Gasteiger partial charge in [-0.2, -0.15) is 0 Å². The van der Waals surface area contributed by atoms with E-state index in [0.29, 0.717) is 10.6 Å². The predicted molar refractivity (Wildman–Crippen MR) is 71.7 cm³/mol. The minimum atomic E-state index is -0.284. The summed E-state index contributed by atoms with van der Waals surface area (Å²) in [6, 6.07) is 4.63. The molecular formula is C14H16ClFN2O. The SMILES string of the molecule is O=C(NC1CC1c1c(F)cccc1Cl)C1CCCN1. The molecule has 1 aromatic carbocycles. The number of rotatable bonds is 3. The molecule has 1 aliphatic heterocycles. The summed E-state index contributed by atoms with van der Waals surface area (Å²) < 4.78 is 13.7. The Morgan fingerprint density at radius 1 is 1.47 bits per heavy atom. The molecule has 1 heterocycles. The number of nitrogens with one attached hydrogen (secondary N) is 2. The lowest BCUT2D eigenvalue weighted by Gasteiger charge is -2.11. The molecule has 0 aromatic heterocycles. The van der Waals surface area contributed by atoms with Crippen molar-refractivity contribution in [2.45, 2.75) is 37.3 Å². The van der Waals surface area contributed by atoms with Crippen LogP contribution < -0.4 is 10.6 Å². The maximum absolute atomic E-state index is 13.7. The van der Waals surface area contributed by atoms with E-state index in [2.05, 4.69) is 10.6 Å². The molecule has 1 saturated heterocycles. The van der Waals surface area contributed by atoms with Gasteiger partial charge in [0.2, 0.25) is 5.91 Å². The molecule has 3 atom stereocenters. The molecule has 5 heteroatoms. The van der Waals surface area contributed by atoms with Gasteiger partial charge in [-0.05, 0) is 37.9 Å². The molecule has 2 N–H and O–H groups in total. The van der Waals surface area contributed by atoms with E-state index in [1.165, 1.54) is 6.07 Å². The summed E-state index contributed by atoms with van der Waals surface area (Å²) in [5.41, 5.74) is 0.536. The van der Waals surface area contributed by atoms with E-state index in [0.717, 1.165) is 25.8 Å². The summed E-state index contributed by atoms with van der Waals surface area (Å²) in [4.78, 5) is 11.9. The summed E-state index contributed by atoms with van der Waals surface area (Å²) in [6.07, 6.45) is 2.67. The van der Waals surface area contributed by atoms with Crippen molar-refractivity contribution in [2.75, 3.05) is 6.54 Å². The van der Waals surface area contributed by atoms with Gasteiger partial charge in [0, 0.05) is 22.5 Å². The molecule has 3 unspecified atom stereocenters. The average Bonchev–Trinajstić information content (AvgIpc) is 2.92. The van der Waals surface area contributed by atoms with Crippen molar-refractivity contribution in [2.24, 2.45) is 0 Å². The van der Waals surface area contributed by atoms with Gasteiger partial charge in [-0.15, -0.1) is 0 Å². The molecule has 3 nitrogen and oxygen atoms in total. The van der Waals surface area contributed by atoms with Crippen LogP contribution in [0.25, 0.3) is 0 Å². The molecule has 1 amide bonds.